The van der Waals surface area contributed by atoms with Gasteiger partial charge >= 0.3 is 65.7 Å². The Morgan fingerprint density at radius 2 is 0.733 bits per heavy atom. The average molecular weight is 1950 g/mol. The molecule has 0 radical (unpaired) electrons. The summed E-state index contributed by atoms with van der Waals surface area (Å²) < 4.78 is 0. The van der Waals surface area contributed by atoms with Crippen molar-refractivity contribution in [3.05, 3.63) is 0 Å². The van der Waals surface area contributed by atoms with Crippen molar-refractivity contribution in [2.24, 2.45) is 170 Å². The van der Waals surface area contributed by atoms with E-state index in [-0.39, 0.29) is 31.0 Å². The van der Waals surface area contributed by atoms with Crippen LogP contribution in [0, 0.1) is 0 Å². The molecule has 0 fully saturated rings. The van der Waals surface area contributed by atoms with Crippen molar-refractivity contribution >= 4 is 131 Å². The molecule has 0 amide bonds. The molecule has 0 saturated heterocycles. The fraction of sp³-hybridized carbons (Fsp3) is 0.703. The predicted octanol–water partition coefficient (Wildman–Crippen LogP) is -11.4. The zero-order valence-corrected chi connectivity index (χ0v) is 77.8. The molecule has 4 heterocycles. The Hall–Kier alpha value is -13.8. The highest BCUT2D eigenvalue weighted by molar-refractivity contribution is 5.85. The summed E-state index contributed by atoms with van der Waals surface area (Å²) in [5, 5.41) is 110. The SMILES string of the molecule is CC(N)=NCCCC(N)C(=O)O.CC(N=C(N)N)C(=O)O.CCC(N)=NCCCC(N)C(=O)O.CCNC(N)=NCCCC(N)C(=O)O.CN=C(N)NCCCC(N)C(=O)O.NC(CCCNC1=NCCCN1)C(=O)O.NC(CCCNC1=NCCN1)C(=O)O.NC(N)=NCC(=O)O.NC(N)=NCC(=O)O.NC1=NCCCN1CCCC(N)C(=O)O.NC1=NCCN1CCCC(N)C(=O)O. The van der Waals surface area contributed by atoms with Crippen molar-refractivity contribution in [1.29, 1.82) is 0 Å². The van der Waals surface area contributed by atoms with Gasteiger partial charge in [-0.05, 0) is 136 Å². The molecule has 61 nitrogen and oxygen atoms in total. The molecular weight excluding hydrogens is 1790 g/mol. The van der Waals surface area contributed by atoms with Crippen LogP contribution in [-0.4, -0.2) is 383 Å². The van der Waals surface area contributed by atoms with E-state index in [4.69, 9.17) is 171 Å². The van der Waals surface area contributed by atoms with E-state index >= 15 is 0 Å². The van der Waals surface area contributed by atoms with Crippen molar-refractivity contribution < 1.29 is 109 Å². The van der Waals surface area contributed by atoms with Crippen LogP contribution < -0.4 is 147 Å². The molecule has 4 aliphatic heterocycles. The molecule has 4 aliphatic rings. The van der Waals surface area contributed by atoms with Gasteiger partial charge in [-0.15, -0.1) is 0 Å². The molecule has 0 aromatic rings. The fourth-order valence-electron chi connectivity index (χ4n) is 9.01. The number of nitrogens with one attached hydrogen (secondary N) is 6. The molecule has 135 heavy (non-hydrogen) atoms. The summed E-state index contributed by atoms with van der Waals surface area (Å²) in [6.07, 6.45) is 11.9. The summed E-state index contributed by atoms with van der Waals surface area (Å²) in [6, 6.07) is -7.05. The monoisotopic (exact) mass is 1940 g/mol. The van der Waals surface area contributed by atoms with Gasteiger partial charge in [0.15, 0.2) is 53.6 Å². The Bertz CT molecular complexity index is 3660. The van der Waals surface area contributed by atoms with Gasteiger partial charge < -0.3 is 213 Å². The van der Waals surface area contributed by atoms with Crippen molar-refractivity contribution in [3.8, 4) is 0 Å². The van der Waals surface area contributed by atoms with E-state index in [1.165, 1.54) is 6.92 Å². The minimum Gasteiger partial charge on any atom is -0.480 e. The third kappa shape index (κ3) is 94.7. The van der Waals surface area contributed by atoms with E-state index in [9.17, 15) is 52.7 Å². The number of nitrogens with two attached hydrogens (primary N) is 20. The number of hydrogen-bond acceptors (Lipinski definition) is 38. The highest BCUT2D eigenvalue weighted by Crippen LogP contribution is 2.06. The Labute approximate surface area is 783 Å². The lowest BCUT2D eigenvalue weighted by Gasteiger charge is -2.26. The predicted molar refractivity (Wildman–Crippen MR) is 515 cm³/mol. The van der Waals surface area contributed by atoms with Crippen LogP contribution in [0.2, 0.25) is 0 Å². The normalized spacial score (nSPS) is 14.8. The molecule has 780 valence electrons. The minimum absolute atomic E-state index is 0.201. The highest BCUT2D eigenvalue weighted by Gasteiger charge is 2.20. The molecular formula is C74H157N39O22. The standard InChI is InChI=1S/2C9H18N4O2.2C8H16N4O2.C8H18N4O2.C8H17N3O2.C7H16N4O2.C7H15N3O2.C4H9N3O2.2C3H7N3O2/c10-7(8(14)15)3-1-5-13-6-2-4-12-9(13)11;10-7(8(14)15)3-1-4-11-9-12-5-2-6-13-9;9-6(7(13)14)2-1-4-12-5-3-11-8(12)10;9-6(7(13)14)2-1-3-10-8-11-4-5-12-8;1-2-11-8(10)12-5-3-4-6(9)7(13)14;1-2-7(10)11-5-3-4-6(9)8(12)13;1-10-7(9)11-4-2-3-5(8)6(12)13;1-5(8)10-4-2-3-6(9)7(11)12;1-2(3(8)9)7-4(5)6;2*4-3(5)6-1-2(7)8/h7H,1-6,10H2,(H2,11,12)(H,14,15);7H,1-6,10H2,(H,14,15)(H2,11,12,13);6H,1-5,9H2,(H2,10,11)(H,13,14);6H,1-5,9H2,(H,13,14)(H2,10,11,12);6H,2-5,9H2,1H3,(H,13,14)(H3,10,11,12);6H,2-5,9H2,1H3,(H2,10,11)(H,12,13);5H,2-4,8H2,1H3,(H,12,13)(H3,9,10,11);6H,2-4,9H2,1H3,(H2,8,10)(H,11,12);2H,1H3,(H,8,9)(H4,5,6,7);2*1H2,(H,7,8)(H4,4,5,6). The summed E-state index contributed by atoms with van der Waals surface area (Å²) in [6.45, 7) is 18.7. The lowest BCUT2D eigenvalue weighted by atomic mass is 10.1. The first-order valence-corrected chi connectivity index (χ1v) is 42.6. The number of hydrogen-bond donors (Lipinski definition) is 37. The summed E-state index contributed by atoms with van der Waals surface area (Å²) in [4.78, 5) is 158. The van der Waals surface area contributed by atoms with Gasteiger partial charge in [-0.2, -0.15) is 0 Å². The van der Waals surface area contributed by atoms with Crippen LogP contribution in [-0.2, 0) is 52.7 Å². The Balaban J connectivity index is -0.000000268. The summed E-state index contributed by atoms with van der Waals surface area (Å²) in [7, 11) is 1.57. The molecule has 0 aromatic heterocycles. The van der Waals surface area contributed by atoms with E-state index < -0.39 is 120 Å². The van der Waals surface area contributed by atoms with Crippen LogP contribution >= 0.6 is 0 Å². The number of amidine groups is 2. The lowest BCUT2D eigenvalue weighted by molar-refractivity contribution is -0.139. The Morgan fingerprint density at radius 3 is 1.02 bits per heavy atom. The van der Waals surface area contributed by atoms with Crippen LogP contribution in [0.25, 0.3) is 0 Å². The second-order valence-electron chi connectivity index (χ2n) is 28.4. The summed E-state index contributed by atoms with van der Waals surface area (Å²) >= 11 is 0. The molecule has 4 rings (SSSR count). The minimum atomic E-state index is -1.04. The van der Waals surface area contributed by atoms with Gasteiger partial charge in [0.1, 0.15) is 67.5 Å². The zero-order valence-electron chi connectivity index (χ0n) is 77.8. The van der Waals surface area contributed by atoms with Crippen molar-refractivity contribution in [2.45, 2.75) is 204 Å². The van der Waals surface area contributed by atoms with Gasteiger partial charge in [0.25, 0.3) is 0 Å². The quantitative estimate of drug-likeness (QED) is 0.0153. The second kappa shape index (κ2) is 86.9. The van der Waals surface area contributed by atoms with Crippen LogP contribution in [0.4, 0.5) is 0 Å². The fourth-order valence-corrected chi connectivity index (χ4v) is 9.01. The summed E-state index contributed by atoms with van der Waals surface area (Å²) in [5.41, 5.74) is 104. The smallest absolute Gasteiger partial charge is 0.328 e. The molecule has 9 unspecified atom stereocenters. The van der Waals surface area contributed by atoms with E-state index in [0.29, 0.717) is 152 Å². The lowest BCUT2D eigenvalue weighted by Crippen LogP contribution is -2.42. The number of carboxylic acids is 11. The van der Waals surface area contributed by atoms with Crippen molar-refractivity contribution in [3.63, 3.8) is 0 Å². The zero-order chi connectivity index (χ0) is 105. The van der Waals surface area contributed by atoms with Crippen LogP contribution in [0.15, 0.2) is 54.9 Å². The Kier molecular flexibility index (Phi) is 86.4. The van der Waals surface area contributed by atoms with Gasteiger partial charge in [-0.1, -0.05) is 6.92 Å². The number of guanidine groups is 9. The topological polar surface area (TPSA) is 1150 Å². The van der Waals surface area contributed by atoms with Gasteiger partial charge in [0.05, 0.1) is 24.8 Å². The average Bonchev–Trinajstić information content (AvgIpc) is 1.88. The van der Waals surface area contributed by atoms with Crippen LogP contribution in [0.3, 0.4) is 0 Å². The maximum Gasteiger partial charge on any atom is 0.328 e. The maximum absolute atomic E-state index is 10.5. The van der Waals surface area contributed by atoms with Crippen LogP contribution in [0.1, 0.15) is 150 Å². The molecule has 0 saturated carbocycles. The second-order valence-corrected chi connectivity index (χ2v) is 28.4. The van der Waals surface area contributed by atoms with E-state index in [2.05, 4.69) is 86.8 Å². The maximum atomic E-state index is 10.5. The third-order valence-corrected chi connectivity index (χ3v) is 16.5. The first-order valence-electron chi connectivity index (χ1n) is 42.6. The molecule has 0 aromatic carbocycles. The number of carbonyl (C=O) groups is 11. The number of aliphatic imine (C=N–C) groups is 11. The molecule has 9 atom stereocenters. The molecule has 0 spiro atoms. The highest BCUT2D eigenvalue weighted by atomic mass is 16.4. The first kappa shape index (κ1) is 134. The number of rotatable bonds is 48. The van der Waals surface area contributed by atoms with Gasteiger partial charge in [-0.3, -0.25) is 87.9 Å². The Morgan fingerprint density at radius 1 is 0.393 bits per heavy atom. The van der Waals surface area contributed by atoms with Gasteiger partial charge in [0, 0.05) is 112 Å². The van der Waals surface area contributed by atoms with E-state index in [1.54, 1.807) is 14.0 Å². The molecule has 0 aliphatic carbocycles. The number of carboxylic acid groups (broad SMARTS) is 11. The van der Waals surface area contributed by atoms with E-state index in [0.717, 1.165) is 129 Å². The first-order chi connectivity index (χ1) is 63.2. The van der Waals surface area contributed by atoms with E-state index in [1.807, 2.05) is 23.6 Å². The third-order valence-electron chi connectivity index (χ3n) is 16.5. The van der Waals surface area contributed by atoms with Gasteiger partial charge in [-0.25, -0.2) is 19.8 Å². The van der Waals surface area contributed by atoms with Crippen molar-refractivity contribution in [2.75, 3.05) is 131 Å². The van der Waals surface area contributed by atoms with Gasteiger partial charge in [0.2, 0.25) is 0 Å². The largest absolute Gasteiger partial charge is 0.480 e. The molecule has 0 bridgehead atoms. The number of aliphatic carboxylic acids is 11. The van der Waals surface area contributed by atoms with Crippen molar-refractivity contribution in [1.82, 2.24) is 41.7 Å². The number of nitrogens with zero attached hydrogens (tertiary/aromatic N) is 13. The molecule has 57 N–H and O–H groups in total. The summed E-state index contributed by atoms with van der Waals surface area (Å²) in [5.74, 6) is -6.83. The molecule has 61 heteroatoms. The van der Waals surface area contributed by atoms with Crippen LogP contribution in [0.5, 0.6) is 0 Å².